The first kappa shape index (κ1) is 37.0. The molecule has 32 heavy (non-hydrogen) atoms. The Morgan fingerprint density at radius 1 is 0.875 bits per heavy atom. The van der Waals surface area contributed by atoms with Crippen LogP contribution in [0.3, 0.4) is 0 Å². The molecule has 0 aromatic heterocycles. The minimum absolute atomic E-state index is 0. The van der Waals surface area contributed by atoms with Crippen LogP contribution in [0.5, 0.6) is 0 Å². The molecule has 0 amide bonds. The molecule has 0 bridgehead atoms. The van der Waals surface area contributed by atoms with Crippen LogP contribution in [0.15, 0.2) is 4.99 Å². The number of rotatable bonds is 19. The van der Waals surface area contributed by atoms with E-state index < -0.39 is 11.9 Å². The Kier molecular flexibility index (Phi) is 26.9. The quantitative estimate of drug-likeness (QED) is 0.105. The average Bonchev–Trinajstić information content (AvgIpc) is 3.07. The van der Waals surface area contributed by atoms with Crippen LogP contribution in [0.25, 0.3) is 0 Å². The first-order valence-corrected chi connectivity index (χ1v) is 11.4. The zero-order valence-electron chi connectivity index (χ0n) is 20.6. The van der Waals surface area contributed by atoms with E-state index in [0.29, 0.717) is 30.7 Å². The van der Waals surface area contributed by atoms with Crippen molar-refractivity contribution in [1.82, 2.24) is 0 Å². The third kappa shape index (κ3) is 17.0. The number of hydrogen-bond donors (Lipinski definition) is 0. The molecule has 176 valence electrons. The monoisotopic (exact) mass is 474 g/mol. The molecule has 0 spiro atoms. The third-order valence-electron chi connectivity index (χ3n) is 5.73. The molecule has 0 radical (unpaired) electrons. The summed E-state index contributed by atoms with van der Waals surface area (Å²) in [5, 5.41) is 21.5. The topological polar surface area (TPSA) is 132 Å². The van der Waals surface area contributed by atoms with Gasteiger partial charge in [-0.3, -0.25) is 4.48 Å². The molecule has 1 unspecified atom stereocenters. The molecule has 0 saturated carbocycles. The minimum atomic E-state index is -1.13. The maximum atomic E-state index is 11.0. The summed E-state index contributed by atoms with van der Waals surface area (Å²) >= 11 is 0. The van der Waals surface area contributed by atoms with Gasteiger partial charge in [0.25, 0.3) is 0 Å². The fourth-order valence-electron chi connectivity index (χ4n) is 3.96. The van der Waals surface area contributed by atoms with Gasteiger partial charge in [0.2, 0.25) is 0 Å². The van der Waals surface area contributed by atoms with E-state index in [4.69, 9.17) is 4.74 Å². The Morgan fingerprint density at radius 3 is 2.00 bits per heavy atom. The molecule has 0 aromatic carbocycles. The average molecular weight is 475 g/mol. The number of unbranched alkanes of at least 4 members (excludes halogenated alkanes) is 8. The molecule has 0 aliphatic carbocycles. The zero-order chi connectivity index (χ0) is 21.4. The second kappa shape index (κ2) is 23.2. The first-order chi connectivity index (χ1) is 14.0. The SMILES string of the molecule is CCCCCCCCCCCC1=NCC[N+]1(CCOCCC(=O)[O-])CCC(=O)[O-].[Na+].[Na+].[OH-]. The van der Waals surface area contributed by atoms with Crippen LogP contribution in [0.4, 0.5) is 0 Å². The van der Waals surface area contributed by atoms with Crippen molar-refractivity contribution in [2.24, 2.45) is 4.99 Å². The van der Waals surface area contributed by atoms with E-state index in [0.717, 1.165) is 25.2 Å². The number of carbonyl (C=O) groups excluding carboxylic acids is 2. The molecule has 1 aliphatic heterocycles. The van der Waals surface area contributed by atoms with Gasteiger partial charge in [0.15, 0.2) is 5.84 Å². The van der Waals surface area contributed by atoms with Crippen molar-refractivity contribution in [3.8, 4) is 0 Å². The summed E-state index contributed by atoms with van der Waals surface area (Å²) in [6, 6.07) is 0. The van der Waals surface area contributed by atoms with Crippen LogP contribution in [0, 0.1) is 0 Å². The van der Waals surface area contributed by atoms with Gasteiger partial charge in [-0.1, -0.05) is 58.3 Å². The molecule has 0 saturated heterocycles. The van der Waals surface area contributed by atoms with E-state index in [1.807, 2.05) is 0 Å². The van der Waals surface area contributed by atoms with Crippen molar-refractivity contribution in [2.45, 2.75) is 84.0 Å². The van der Waals surface area contributed by atoms with Crippen LogP contribution in [0.2, 0.25) is 0 Å². The van der Waals surface area contributed by atoms with Gasteiger partial charge in [0.1, 0.15) is 13.1 Å². The normalized spacial score (nSPS) is 17.0. The molecule has 1 rings (SSSR count). The number of nitrogens with zero attached hydrogens (tertiary/aromatic N) is 2. The summed E-state index contributed by atoms with van der Waals surface area (Å²) in [6.45, 7) is 5.31. The largest absolute Gasteiger partial charge is 1.00 e. The molecule has 1 aliphatic rings. The molecular formula is C22H40N2Na2O6. The summed E-state index contributed by atoms with van der Waals surface area (Å²) < 4.78 is 5.97. The molecule has 1 atom stereocenters. The number of aliphatic imine (C=N–C) groups is 1. The summed E-state index contributed by atoms with van der Waals surface area (Å²) in [7, 11) is 0. The molecule has 8 nitrogen and oxygen atoms in total. The van der Waals surface area contributed by atoms with E-state index >= 15 is 0 Å². The third-order valence-corrected chi connectivity index (χ3v) is 5.73. The standard InChI is InChI=1S/C22H40N2O5.2Na.H2O/c1-2-3-4-5-6-7-8-9-10-11-20-23-14-16-24(20,15-12-21(25)26)17-19-29-18-13-22(27)28;;;/h2-19H2,1H3,(H-,25,26,27,28);;;1H2/q;2*+1;/p-2. The number of amidine groups is 1. The molecular weight excluding hydrogens is 434 g/mol. The van der Waals surface area contributed by atoms with Gasteiger partial charge in [-0.05, 0) is 6.42 Å². The van der Waals surface area contributed by atoms with Crippen LogP contribution < -0.4 is 69.3 Å². The summed E-state index contributed by atoms with van der Waals surface area (Å²) in [5.74, 6) is -1.10. The zero-order valence-corrected chi connectivity index (χ0v) is 24.6. The maximum absolute atomic E-state index is 11.0. The van der Waals surface area contributed by atoms with E-state index in [1.54, 1.807) is 0 Å². The first-order valence-electron chi connectivity index (χ1n) is 11.4. The van der Waals surface area contributed by atoms with Gasteiger partial charge in [-0.2, -0.15) is 0 Å². The van der Waals surface area contributed by atoms with Crippen molar-refractivity contribution < 1.29 is 93.6 Å². The maximum Gasteiger partial charge on any atom is 1.00 e. The van der Waals surface area contributed by atoms with Crippen molar-refractivity contribution in [3.05, 3.63) is 0 Å². The predicted octanol–water partition coefficient (Wildman–Crippen LogP) is -4.74. The fourth-order valence-corrected chi connectivity index (χ4v) is 3.96. The minimum Gasteiger partial charge on any atom is -0.870 e. The Hall–Kier alpha value is 0.490. The van der Waals surface area contributed by atoms with Crippen LogP contribution >= 0.6 is 0 Å². The second-order valence-corrected chi connectivity index (χ2v) is 8.05. The van der Waals surface area contributed by atoms with Gasteiger partial charge in [0.05, 0.1) is 26.3 Å². The number of carboxylic acids is 2. The van der Waals surface area contributed by atoms with E-state index in [-0.39, 0.29) is 84.0 Å². The van der Waals surface area contributed by atoms with E-state index in [1.165, 1.54) is 51.4 Å². The van der Waals surface area contributed by atoms with Gasteiger partial charge >= 0.3 is 59.1 Å². The Morgan fingerprint density at radius 2 is 1.44 bits per heavy atom. The molecule has 0 fully saturated rings. The van der Waals surface area contributed by atoms with Gasteiger partial charge in [0, 0.05) is 31.2 Å². The number of aliphatic carboxylic acids is 2. The van der Waals surface area contributed by atoms with Crippen LogP contribution in [-0.2, 0) is 14.3 Å². The van der Waals surface area contributed by atoms with Crippen molar-refractivity contribution >= 4 is 17.8 Å². The van der Waals surface area contributed by atoms with Gasteiger partial charge < -0.3 is 30.0 Å². The van der Waals surface area contributed by atoms with E-state index in [2.05, 4.69) is 11.9 Å². The molecule has 0 aromatic rings. The summed E-state index contributed by atoms with van der Waals surface area (Å²) in [4.78, 5) is 26.2. The summed E-state index contributed by atoms with van der Waals surface area (Å²) in [6.07, 6.45) is 12.1. The summed E-state index contributed by atoms with van der Waals surface area (Å²) in [5.41, 5.74) is 0. The Labute approximate surface area is 238 Å². The smallest absolute Gasteiger partial charge is 0.870 e. The Bertz CT molecular complexity index is 523. The number of carbonyl (C=O) groups is 2. The van der Waals surface area contributed by atoms with Crippen LogP contribution in [-0.4, -0.2) is 67.1 Å². The number of hydrogen-bond acceptors (Lipinski definition) is 7. The number of carboxylic acid groups (broad SMARTS) is 2. The molecule has 1 heterocycles. The molecule has 1 N–H and O–H groups in total. The molecule has 10 heteroatoms. The predicted molar refractivity (Wildman–Crippen MR) is 111 cm³/mol. The Balaban J connectivity index is -0.00000280. The van der Waals surface area contributed by atoms with Gasteiger partial charge in [-0.25, -0.2) is 4.99 Å². The number of quaternary nitrogens is 1. The fraction of sp³-hybridized carbons (Fsp3) is 0.864. The second-order valence-electron chi connectivity index (χ2n) is 8.05. The van der Waals surface area contributed by atoms with Crippen LogP contribution in [0.1, 0.15) is 84.0 Å². The van der Waals surface area contributed by atoms with Crippen molar-refractivity contribution in [3.63, 3.8) is 0 Å². The number of ether oxygens (including phenoxy) is 1. The van der Waals surface area contributed by atoms with Crippen molar-refractivity contribution in [2.75, 3.05) is 39.4 Å². The van der Waals surface area contributed by atoms with Gasteiger partial charge in [-0.15, -0.1) is 0 Å². The van der Waals surface area contributed by atoms with E-state index in [9.17, 15) is 19.8 Å². The van der Waals surface area contributed by atoms with Crippen molar-refractivity contribution in [1.29, 1.82) is 0 Å².